The second-order valence-corrected chi connectivity index (χ2v) is 4.14. The van der Waals surface area contributed by atoms with Crippen molar-refractivity contribution in [3.8, 4) is 5.75 Å². The summed E-state index contributed by atoms with van der Waals surface area (Å²) >= 11 is 0. The number of hydrazine groups is 1. The van der Waals surface area contributed by atoms with E-state index in [1.165, 1.54) is 6.07 Å². The van der Waals surface area contributed by atoms with Crippen LogP contribution < -0.4 is 16.0 Å². The van der Waals surface area contributed by atoms with Crippen LogP contribution in [0.2, 0.25) is 0 Å². The van der Waals surface area contributed by atoms with Gasteiger partial charge in [-0.25, -0.2) is 10.2 Å². The monoisotopic (exact) mass is 254 g/mol. The molecule has 0 aliphatic heterocycles. The number of hydrogen-bond acceptors (Lipinski definition) is 3. The van der Waals surface area contributed by atoms with Crippen LogP contribution in [0.5, 0.6) is 5.75 Å². The minimum Gasteiger partial charge on any atom is -0.493 e. The maximum Gasteiger partial charge on any atom is 0.233 e. The number of hydrogen-bond donors (Lipinski definition) is 2. The number of benzene rings is 1. The molecule has 0 radical (unpaired) electrons. The highest BCUT2D eigenvalue weighted by Crippen LogP contribution is 2.16. The summed E-state index contributed by atoms with van der Waals surface area (Å²) in [6, 6.07) is 4.83. The molecular formula is C13H19FN2O2. The van der Waals surface area contributed by atoms with Crippen molar-refractivity contribution in [2.24, 2.45) is 5.84 Å². The van der Waals surface area contributed by atoms with Crippen molar-refractivity contribution in [2.45, 2.75) is 32.6 Å². The first-order valence-corrected chi connectivity index (χ1v) is 6.02. The van der Waals surface area contributed by atoms with Gasteiger partial charge in [-0.15, -0.1) is 0 Å². The summed E-state index contributed by atoms with van der Waals surface area (Å²) in [7, 11) is 0. The lowest BCUT2D eigenvalue weighted by atomic mass is 10.2. The predicted octanol–water partition coefficient (Wildman–Crippen LogP) is 2.06. The molecule has 4 nitrogen and oxygen atoms in total. The Morgan fingerprint density at radius 2 is 2.17 bits per heavy atom. The van der Waals surface area contributed by atoms with Gasteiger partial charge in [0, 0.05) is 12.5 Å². The average Bonchev–Trinajstić information content (AvgIpc) is 2.37. The van der Waals surface area contributed by atoms with E-state index in [1.807, 2.05) is 0 Å². The first kappa shape index (κ1) is 14.4. The van der Waals surface area contributed by atoms with Crippen LogP contribution in [0.15, 0.2) is 18.2 Å². The van der Waals surface area contributed by atoms with Gasteiger partial charge in [0.25, 0.3) is 0 Å². The number of unbranched alkanes of at least 4 members (excludes halogenated alkanes) is 2. The van der Waals surface area contributed by atoms with Crippen molar-refractivity contribution in [3.05, 3.63) is 29.6 Å². The van der Waals surface area contributed by atoms with Crippen molar-refractivity contribution < 1.29 is 13.9 Å². The minimum absolute atomic E-state index is 0.156. The second kappa shape index (κ2) is 7.66. The van der Waals surface area contributed by atoms with Crippen LogP contribution in [0.3, 0.4) is 0 Å². The number of nitrogens with one attached hydrogen (secondary N) is 1. The molecule has 1 rings (SSSR count). The Morgan fingerprint density at radius 1 is 1.39 bits per heavy atom. The van der Waals surface area contributed by atoms with Gasteiger partial charge in [0.1, 0.15) is 11.6 Å². The Labute approximate surface area is 106 Å². The fourth-order valence-electron chi connectivity index (χ4n) is 1.49. The number of halogens is 1. The van der Waals surface area contributed by atoms with E-state index < -0.39 is 0 Å². The summed E-state index contributed by atoms with van der Waals surface area (Å²) in [5.41, 5.74) is 2.69. The topological polar surface area (TPSA) is 64.3 Å². The molecule has 100 valence electrons. The van der Waals surface area contributed by atoms with Crippen LogP contribution in [0, 0.1) is 12.7 Å². The van der Waals surface area contributed by atoms with E-state index in [0.717, 1.165) is 19.3 Å². The normalized spacial score (nSPS) is 10.2. The highest BCUT2D eigenvalue weighted by atomic mass is 19.1. The SMILES string of the molecule is Cc1ccc(OCCCCCC(=O)NN)cc1F. The molecule has 0 heterocycles. The molecule has 18 heavy (non-hydrogen) atoms. The molecule has 0 aliphatic carbocycles. The van der Waals surface area contributed by atoms with Crippen LogP contribution in [-0.4, -0.2) is 12.5 Å². The third-order valence-corrected chi connectivity index (χ3v) is 2.62. The lowest BCUT2D eigenvalue weighted by molar-refractivity contribution is -0.121. The zero-order valence-corrected chi connectivity index (χ0v) is 10.5. The van der Waals surface area contributed by atoms with Crippen LogP contribution in [0.25, 0.3) is 0 Å². The van der Waals surface area contributed by atoms with E-state index >= 15 is 0 Å². The van der Waals surface area contributed by atoms with Crippen LogP contribution in [0.1, 0.15) is 31.2 Å². The third-order valence-electron chi connectivity index (χ3n) is 2.62. The molecule has 0 bridgehead atoms. The number of carbonyl (C=O) groups is 1. The van der Waals surface area contributed by atoms with Gasteiger partial charge < -0.3 is 4.74 Å². The second-order valence-electron chi connectivity index (χ2n) is 4.14. The highest BCUT2D eigenvalue weighted by Gasteiger charge is 2.01. The standard InChI is InChI=1S/C13H19FN2O2/c1-10-6-7-11(9-12(10)14)18-8-4-2-3-5-13(17)16-15/h6-7,9H,2-5,8,15H2,1H3,(H,16,17). The van der Waals surface area contributed by atoms with Crippen molar-refractivity contribution in [1.82, 2.24) is 5.43 Å². The fraction of sp³-hybridized carbons (Fsp3) is 0.462. The van der Waals surface area contributed by atoms with Crippen molar-refractivity contribution in [3.63, 3.8) is 0 Å². The number of amides is 1. The lowest BCUT2D eigenvalue weighted by Gasteiger charge is -2.07. The van der Waals surface area contributed by atoms with Gasteiger partial charge in [0.15, 0.2) is 0 Å². The number of ether oxygens (including phenoxy) is 1. The Balaban J connectivity index is 2.14. The van der Waals surface area contributed by atoms with Crippen LogP contribution in [-0.2, 0) is 4.79 Å². The van der Waals surface area contributed by atoms with E-state index in [9.17, 15) is 9.18 Å². The van der Waals surface area contributed by atoms with Gasteiger partial charge >= 0.3 is 0 Å². The first-order valence-electron chi connectivity index (χ1n) is 6.02. The molecule has 0 saturated carbocycles. The smallest absolute Gasteiger partial charge is 0.233 e. The third kappa shape index (κ3) is 5.14. The van der Waals surface area contributed by atoms with E-state index in [0.29, 0.717) is 24.3 Å². The Morgan fingerprint density at radius 3 is 2.83 bits per heavy atom. The molecule has 0 spiro atoms. The van der Waals surface area contributed by atoms with Gasteiger partial charge in [-0.05, 0) is 37.8 Å². The van der Waals surface area contributed by atoms with Gasteiger partial charge in [-0.1, -0.05) is 6.07 Å². The number of aryl methyl sites for hydroxylation is 1. The van der Waals surface area contributed by atoms with Crippen molar-refractivity contribution >= 4 is 5.91 Å². The van der Waals surface area contributed by atoms with Crippen molar-refractivity contribution in [1.29, 1.82) is 0 Å². The van der Waals surface area contributed by atoms with E-state index in [4.69, 9.17) is 10.6 Å². The quantitative estimate of drug-likeness (QED) is 0.339. The predicted molar refractivity (Wildman–Crippen MR) is 67.4 cm³/mol. The molecule has 1 aromatic rings. The number of nitrogens with two attached hydrogens (primary N) is 1. The summed E-state index contributed by atoms with van der Waals surface area (Å²) in [5.74, 6) is 5.08. The summed E-state index contributed by atoms with van der Waals surface area (Å²) in [4.78, 5) is 10.8. The molecule has 0 aliphatic rings. The van der Waals surface area contributed by atoms with Crippen LogP contribution in [0.4, 0.5) is 4.39 Å². The number of carbonyl (C=O) groups excluding carboxylic acids is 1. The number of rotatable bonds is 7. The zero-order chi connectivity index (χ0) is 13.4. The molecule has 0 fully saturated rings. The van der Waals surface area contributed by atoms with Crippen LogP contribution >= 0.6 is 0 Å². The summed E-state index contributed by atoms with van der Waals surface area (Å²) in [5, 5.41) is 0. The summed E-state index contributed by atoms with van der Waals surface area (Å²) < 4.78 is 18.6. The highest BCUT2D eigenvalue weighted by molar-refractivity contribution is 5.74. The summed E-state index contributed by atoms with van der Waals surface area (Å²) in [6.45, 7) is 2.23. The van der Waals surface area contributed by atoms with Gasteiger partial charge in [-0.2, -0.15) is 0 Å². The average molecular weight is 254 g/mol. The summed E-state index contributed by atoms with van der Waals surface area (Å²) in [6.07, 6.45) is 2.90. The maximum absolute atomic E-state index is 13.2. The van der Waals surface area contributed by atoms with E-state index in [-0.39, 0.29) is 11.7 Å². The molecule has 0 atom stereocenters. The van der Waals surface area contributed by atoms with E-state index in [2.05, 4.69) is 5.43 Å². The van der Waals surface area contributed by atoms with Gasteiger partial charge in [0.05, 0.1) is 6.61 Å². The lowest BCUT2D eigenvalue weighted by Crippen LogP contribution is -2.29. The molecule has 1 aromatic carbocycles. The molecule has 0 aromatic heterocycles. The molecule has 0 saturated heterocycles. The largest absolute Gasteiger partial charge is 0.493 e. The fourth-order valence-corrected chi connectivity index (χ4v) is 1.49. The minimum atomic E-state index is -0.257. The van der Waals surface area contributed by atoms with E-state index in [1.54, 1.807) is 19.1 Å². The molecular weight excluding hydrogens is 235 g/mol. The Bertz CT molecular complexity index is 397. The molecule has 1 amide bonds. The maximum atomic E-state index is 13.2. The first-order chi connectivity index (χ1) is 8.63. The molecule has 0 unspecified atom stereocenters. The Kier molecular flexibility index (Phi) is 6.14. The zero-order valence-electron chi connectivity index (χ0n) is 10.5. The van der Waals surface area contributed by atoms with Gasteiger partial charge in [-0.3, -0.25) is 10.2 Å². The Hall–Kier alpha value is -1.62. The van der Waals surface area contributed by atoms with Gasteiger partial charge in [0.2, 0.25) is 5.91 Å². The molecule has 5 heteroatoms. The molecule has 3 N–H and O–H groups in total. The van der Waals surface area contributed by atoms with Crippen molar-refractivity contribution in [2.75, 3.05) is 6.61 Å².